The SMILES string of the molecule is CC(CN)CSCC(=O)Nc1ccc(Cl)cc1F. The number of thioether (sulfide) groups is 1. The van der Waals surface area contributed by atoms with Crippen LogP contribution in [0.2, 0.25) is 5.02 Å². The Balaban J connectivity index is 2.40. The molecule has 1 rings (SSSR count). The molecule has 0 heterocycles. The molecule has 0 fully saturated rings. The van der Waals surface area contributed by atoms with Gasteiger partial charge in [-0.1, -0.05) is 18.5 Å². The fourth-order valence-electron chi connectivity index (χ4n) is 1.20. The van der Waals surface area contributed by atoms with Crippen LogP contribution in [0.25, 0.3) is 0 Å². The fraction of sp³-hybridized carbons (Fsp3) is 0.417. The normalized spacial score (nSPS) is 12.2. The lowest BCUT2D eigenvalue weighted by atomic mass is 10.2. The average Bonchev–Trinajstić information content (AvgIpc) is 2.32. The van der Waals surface area contributed by atoms with E-state index in [9.17, 15) is 9.18 Å². The average molecular weight is 291 g/mol. The van der Waals surface area contributed by atoms with Crippen molar-refractivity contribution in [1.82, 2.24) is 0 Å². The highest BCUT2D eigenvalue weighted by Crippen LogP contribution is 2.19. The molecule has 1 atom stereocenters. The van der Waals surface area contributed by atoms with Crippen LogP contribution in [-0.4, -0.2) is 24.0 Å². The summed E-state index contributed by atoms with van der Waals surface area (Å²) in [5.74, 6) is 0.705. The Hall–Kier alpha value is -0.780. The maximum absolute atomic E-state index is 13.4. The molecule has 18 heavy (non-hydrogen) atoms. The van der Waals surface area contributed by atoms with Crippen LogP contribution in [0.1, 0.15) is 6.92 Å². The summed E-state index contributed by atoms with van der Waals surface area (Å²) in [6.45, 7) is 2.62. The maximum atomic E-state index is 13.4. The summed E-state index contributed by atoms with van der Waals surface area (Å²) in [6.07, 6.45) is 0. The van der Waals surface area contributed by atoms with Crippen LogP contribution >= 0.6 is 23.4 Å². The number of carbonyl (C=O) groups excluding carboxylic acids is 1. The highest BCUT2D eigenvalue weighted by Gasteiger charge is 2.08. The summed E-state index contributed by atoms with van der Waals surface area (Å²) < 4.78 is 13.4. The monoisotopic (exact) mass is 290 g/mol. The second-order valence-corrected chi connectivity index (χ2v) is 5.50. The first-order valence-corrected chi connectivity index (χ1v) is 7.09. The van der Waals surface area contributed by atoms with E-state index in [1.807, 2.05) is 6.92 Å². The van der Waals surface area contributed by atoms with Gasteiger partial charge in [-0.2, -0.15) is 11.8 Å². The second kappa shape index (κ2) is 7.61. The van der Waals surface area contributed by atoms with Crippen molar-refractivity contribution in [3.05, 3.63) is 29.0 Å². The van der Waals surface area contributed by atoms with Gasteiger partial charge in [-0.25, -0.2) is 4.39 Å². The van der Waals surface area contributed by atoms with Gasteiger partial charge in [0.2, 0.25) is 5.91 Å². The van der Waals surface area contributed by atoms with Gasteiger partial charge in [0.1, 0.15) is 5.82 Å². The molecule has 1 aromatic carbocycles. The molecule has 1 amide bonds. The molecule has 3 nitrogen and oxygen atoms in total. The lowest BCUT2D eigenvalue weighted by molar-refractivity contribution is -0.113. The smallest absolute Gasteiger partial charge is 0.234 e. The number of amides is 1. The summed E-state index contributed by atoms with van der Waals surface area (Å²) in [5, 5.41) is 2.81. The van der Waals surface area contributed by atoms with E-state index in [1.54, 1.807) is 0 Å². The van der Waals surface area contributed by atoms with Crippen LogP contribution in [-0.2, 0) is 4.79 Å². The Kier molecular flexibility index (Phi) is 6.46. The minimum Gasteiger partial charge on any atom is -0.330 e. The third kappa shape index (κ3) is 5.25. The summed E-state index contributed by atoms with van der Waals surface area (Å²) in [7, 11) is 0. The highest BCUT2D eigenvalue weighted by molar-refractivity contribution is 7.99. The van der Waals surface area contributed by atoms with Gasteiger partial charge in [0, 0.05) is 5.02 Å². The molecule has 1 unspecified atom stereocenters. The van der Waals surface area contributed by atoms with E-state index < -0.39 is 5.82 Å². The standard InChI is InChI=1S/C12H16ClFN2OS/c1-8(5-15)6-18-7-12(17)16-11-3-2-9(13)4-10(11)14/h2-4,8H,5-7,15H2,1H3,(H,16,17). The molecule has 0 aliphatic rings. The van der Waals surface area contributed by atoms with Crippen molar-refractivity contribution in [3.8, 4) is 0 Å². The zero-order valence-electron chi connectivity index (χ0n) is 10.1. The predicted molar refractivity (Wildman–Crippen MR) is 75.6 cm³/mol. The van der Waals surface area contributed by atoms with Gasteiger partial charge in [-0.05, 0) is 36.4 Å². The first-order valence-electron chi connectivity index (χ1n) is 5.55. The number of rotatable bonds is 6. The summed E-state index contributed by atoms with van der Waals surface area (Å²) >= 11 is 7.10. The first-order chi connectivity index (χ1) is 8.52. The van der Waals surface area contributed by atoms with Crippen LogP contribution in [0.5, 0.6) is 0 Å². The number of benzene rings is 1. The number of nitrogens with one attached hydrogen (secondary N) is 1. The van der Waals surface area contributed by atoms with Gasteiger partial charge in [0.25, 0.3) is 0 Å². The van der Waals surface area contributed by atoms with Crippen molar-refractivity contribution in [2.75, 3.05) is 23.4 Å². The molecular weight excluding hydrogens is 275 g/mol. The van der Waals surface area contributed by atoms with Crippen LogP contribution in [0.3, 0.4) is 0 Å². The van der Waals surface area contributed by atoms with Crippen LogP contribution in [0, 0.1) is 11.7 Å². The summed E-state index contributed by atoms with van der Waals surface area (Å²) in [4.78, 5) is 11.6. The molecular formula is C12H16ClFN2OS. The molecule has 0 aliphatic carbocycles. The molecule has 0 saturated heterocycles. The number of nitrogens with two attached hydrogens (primary N) is 1. The Morgan fingerprint density at radius 1 is 1.61 bits per heavy atom. The zero-order valence-corrected chi connectivity index (χ0v) is 11.7. The Bertz CT molecular complexity index is 417. The van der Waals surface area contributed by atoms with Gasteiger partial charge >= 0.3 is 0 Å². The van der Waals surface area contributed by atoms with E-state index in [0.29, 0.717) is 17.5 Å². The lowest BCUT2D eigenvalue weighted by Gasteiger charge is -2.09. The number of anilines is 1. The maximum Gasteiger partial charge on any atom is 0.234 e. The molecule has 1 aromatic rings. The minimum atomic E-state index is -0.531. The van der Waals surface area contributed by atoms with Gasteiger partial charge in [0.05, 0.1) is 11.4 Å². The minimum absolute atomic E-state index is 0.150. The van der Waals surface area contributed by atoms with Gasteiger partial charge in [-0.3, -0.25) is 4.79 Å². The first kappa shape index (κ1) is 15.3. The molecule has 0 spiro atoms. The third-order valence-corrected chi connectivity index (χ3v) is 3.75. The van der Waals surface area contributed by atoms with Crippen molar-refractivity contribution in [2.24, 2.45) is 11.7 Å². The van der Waals surface area contributed by atoms with Gasteiger partial charge in [0.15, 0.2) is 0 Å². The van der Waals surface area contributed by atoms with Gasteiger partial charge < -0.3 is 11.1 Å². The number of hydrogen-bond acceptors (Lipinski definition) is 3. The summed E-state index contributed by atoms with van der Waals surface area (Å²) in [6, 6.07) is 4.15. The molecule has 0 aromatic heterocycles. The lowest BCUT2D eigenvalue weighted by Crippen LogP contribution is -2.18. The van der Waals surface area contributed by atoms with Crippen LogP contribution in [0.4, 0.5) is 10.1 Å². The highest BCUT2D eigenvalue weighted by atomic mass is 35.5. The molecule has 0 radical (unpaired) electrons. The van der Waals surface area contributed by atoms with Crippen LogP contribution < -0.4 is 11.1 Å². The second-order valence-electron chi connectivity index (χ2n) is 4.03. The van der Waals surface area contributed by atoms with E-state index in [4.69, 9.17) is 17.3 Å². The fourth-order valence-corrected chi connectivity index (χ4v) is 2.27. The molecule has 0 bridgehead atoms. The molecule has 0 saturated carbocycles. The van der Waals surface area contributed by atoms with E-state index in [-0.39, 0.29) is 17.3 Å². The van der Waals surface area contributed by atoms with Crippen molar-refractivity contribution in [1.29, 1.82) is 0 Å². The Morgan fingerprint density at radius 2 is 2.33 bits per heavy atom. The van der Waals surface area contributed by atoms with E-state index in [0.717, 1.165) is 5.75 Å². The van der Waals surface area contributed by atoms with Crippen LogP contribution in [0.15, 0.2) is 18.2 Å². The Labute approximate surface area is 115 Å². The van der Waals surface area contributed by atoms with Crippen molar-refractivity contribution < 1.29 is 9.18 Å². The van der Waals surface area contributed by atoms with Crippen molar-refractivity contribution in [2.45, 2.75) is 6.92 Å². The molecule has 0 aliphatic heterocycles. The third-order valence-electron chi connectivity index (χ3n) is 2.24. The van der Waals surface area contributed by atoms with E-state index >= 15 is 0 Å². The largest absolute Gasteiger partial charge is 0.330 e. The number of hydrogen-bond donors (Lipinski definition) is 2. The topological polar surface area (TPSA) is 55.1 Å². The molecule has 3 N–H and O–H groups in total. The molecule has 6 heteroatoms. The van der Waals surface area contributed by atoms with Crippen molar-refractivity contribution >= 4 is 35.0 Å². The predicted octanol–water partition coefficient (Wildman–Crippen LogP) is 2.75. The quantitative estimate of drug-likeness (QED) is 0.847. The summed E-state index contributed by atoms with van der Waals surface area (Å²) in [5.41, 5.74) is 5.62. The zero-order chi connectivity index (χ0) is 13.5. The molecule has 100 valence electrons. The Morgan fingerprint density at radius 3 is 2.94 bits per heavy atom. The van der Waals surface area contributed by atoms with Gasteiger partial charge in [-0.15, -0.1) is 0 Å². The van der Waals surface area contributed by atoms with Crippen molar-refractivity contribution in [3.63, 3.8) is 0 Å². The number of halogens is 2. The van der Waals surface area contributed by atoms with E-state index in [2.05, 4.69) is 5.32 Å². The van der Waals surface area contributed by atoms with E-state index in [1.165, 1.54) is 30.0 Å². The number of carbonyl (C=O) groups is 1.